The third-order valence-electron chi connectivity index (χ3n) is 5.06. The topological polar surface area (TPSA) is 85.7 Å². The van der Waals surface area contributed by atoms with E-state index in [2.05, 4.69) is 9.72 Å². The lowest BCUT2D eigenvalue weighted by Gasteiger charge is -2.30. The number of carbonyl (C=O) groups excluding carboxylic acids is 2. The van der Waals surface area contributed by atoms with Gasteiger partial charge in [0.1, 0.15) is 5.75 Å². The number of halogens is 3. The second kappa shape index (κ2) is 9.06. The predicted octanol–water partition coefficient (Wildman–Crippen LogP) is 5.17. The number of hydrogen-bond acceptors (Lipinski definition) is 6. The Labute approximate surface area is 194 Å². The lowest BCUT2D eigenvalue weighted by molar-refractivity contribution is -0.267. The molecule has 0 bridgehead atoms. The van der Waals surface area contributed by atoms with Crippen LogP contribution in [0.15, 0.2) is 54.6 Å². The lowest BCUT2D eigenvalue weighted by Crippen LogP contribution is -2.50. The largest absolute Gasteiger partial charge is 0.463 e. The molecule has 1 heterocycles. The van der Waals surface area contributed by atoms with Gasteiger partial charge in [0.25, 0.3) is 5.60 Å². The molecule has 1 N–H and O–H groups in total. The number of esters is 2. The summed E-state index contributed by atoms with van der Waals surface area (Å²) in [5.41, 5.74) is -5.43. The first-order chi connectivity index (χ1) is 15.8. The summed E-state index contributed by atoms with van der Waals surface area (Å²) >= 11 is 0. The predicted molar refractivity (Wildman–Crippen MR) is 119 cm³/mol. The second-order valence-electron chi connectivity index (χ2n) is 8.66. The van der Waals surface area contributed by atoms with E-state index >= 15 is 0 Å². The van der Waals surface area contributed by atoms with Gasteiger partial charge in [-0.1, -0.05) is 24.3 Å². The number of fused-ring (bicyclic) bond motifs is 1. The highest BCUT2D eigenvalue weighted by Crippen LogP contribution is 2.45. The van der Waals surface area contributed by atoms with Crippen LogP contribution in [0.3, 0.4) is 0 Å². The summed E-state index contributed by atoms with van der Waals surface area (Å²) in [4.78, 5) is 29.2. The van der Waals surface area contributed by atoms with Crippen molar-refractivity contribution in [3.63, 3.8) is 0 Å². The average Bonchev–Trinajstić information content (AvgIpc) is 2.77. The molecule has 6 nitrogen and oxygen atoms in total. The molecule has 3 aromatic rings. The Bertz CT molecular complexity index is 1230. The summed E-state index contributed by atoms with van der Waals surface area (Å²) in [5, 5.41) is 11.6. The van der Waals surface area contributed by atoms with E-state index < -0.39 is 34.7 Å². The summed E-state index contributed by atoms with van der Waals surface area (Å²) in [5.74, 6) is -2.88. The van der Waals surface area contributed by atoms with Gasteiger partial charge in [-0.25, -0.2) is 9.78 Å². The third-order valence-corrected chi connectivity index (χ3v) is 5.06. The van der Waals surface area contributed by atoms with Gasteiger partial charge in [-0.2, -0.15) is 13.2 Å². The monoisotopic (exact) mass is 475 g/mol. The minimum atomic E-state index is -5.45. The van der Waals surface area contributed by atoms with Crippen molar-refractivity contribution in [3.8, 4) is 17.0 Å². The molecule has 1 atom stereocenters. The van der Waals surface area contributed by atoms with Gasteiger partial charge in [0.05, 0.1) is 23.2 Å². The SMILES string of the molecule is CCOC(=O)C(O)(c1cc(OC(=O)C(C)(C)C)ccc1-c1ccc2ccccc2n1)C(F)(F)F. The second-order valence-corrected chi connectivity index (χ2v) is 8.66. The fraction of sp³-hybridized carbons (Fsp3) is 0.320. The highest BCUT2D eigenvalue weighted by molar-refractivity contribution is 5.88. The van der Waals surface area contributed by atoms with E-state index in [-0.39, 0.29) is 23.6 Å². The number of pyridine rings is 1. The van der Waals surface area contributed by atoms with E-state index in [9.17, 15) is 27.9 Å². The van der Waals surface area contributed by atoms with E-state index in [4.69, 9.17) is 4.74 Å². The first-order valence-electron chi connectivity index (χ1n) is 10.5. The first-order valence-corrected chi connectivity index (χ1v) is 10.5. The molecule has 0 radical (unpaired) electrons. The molecule has 0 aliphatic carbocycles. The molecule has 0 saturated heterocycles. The Hall–Kier alpha value is -3.46. The summed E-state index contributed by atoms with van der Waals surface area (Å²) in [6.45, 7) is 5.67. The zero-order chi connectivity index (χ0) is 25.3. The summed E-state index contributed by atoms with van der Waals surface area (Å²) in [6, 6.07) is 13.4. The Kier molecular flexibility index (Phi) is 6.71. The van der Waals surface area contributed by atoms with Crippen LogP contribution in [0.25, 0.3) is 22.2 Å². The van der Waals surface area contributed by atoms with Crippen molar-refractivity contribution < 1.29 is 37.3 Å². The molecule has 0 spiro atoms. The van der Waals surface area contributed by atoms with Crippen molar-refractivity contribution in [2.45, 2.75) is 39.5 Å². The maximum atomic E-state index is 14.2. The van der Waals surface area contributed by atoms with Crippen molar-refractivity contribution in [2.24, 2.45) is 5.41 Å². The molecule has 0 fully saturated rings. The maximum Gasteiger partial charge on any atom is 0.432 e. The van der Waals surface area contributed by atoms with Crippen LogP contribution in [0.1, 0.15) is 33.3 Å². The molecule has 9 heteroatoms. The van der Waals surface area contributed by atoms with Crippen molar-refractivity contribution in [3.05, 3.63) is 60.2 Å². The molecule has 0 saturated carbocycles. The van der Waals surface area contributed by atoms with Crippen molar-refractivity contribution in [2.75, 3.05) is 6.61 Å². The molecule has 0 amide bonds. The number of carbonyl (C=O) groups is 2. The normalized spacial score (nSPS) is 13.9. The minimum absolute atomic E-state index is 0.0781. The number of para-hydroxylation sites is 1. The maximum absolute atomic E-state index is 14.2. The van der Waals surface area contributed by atoms with Gasteiger partial charge in [-0.3, -0.25) is 4.79 Å². The summed E-state index contributed by atoms with van der Waals surface area (Å²) in [7, 11) is 0. The number of aromatic nitrogens is 1. The smallest absolute Gasteiger partial charge is 0.432 e. The van der Waals surface area contributed by atoms with Crippen LogP contribution in [0, 0.1) is 5.41 Å². The standard InChI is InChI=1S/C25H24F3NO5/c1-5-33-22(31)24(32,25(26,27)28)18-14-16(34-21(30)23(2,3)4)11-12-17(18)20-13-10-15-8-6-7-9-19(15)29-20/h6-14,32H,5H2,1-4H3. The van der Waals surface area contributed by atoms with Crippen LogP contribution in [0.2, 0.25) is 0 Å². The van der Waals surface area contributed by atoms with Gasteiger partial charge in [0.2, 0.25) is 0 Å². The van der Waals surface area contributed by atoms with Crippen molar-refractivity contribution >= 4 is 22.8 Å². The summed E-state index contributed by atoms with van der Waals surface area (Å²) in [6.07, 6.45) is -5.45. The van der Waals surface area contributed by atoms with Crippen LogP contribution in [0.5, 0.6) is 5.75 Å². The molecule has 180 valence electrons. The van der Waals surface area contributed by atoms with E-state index in [1.807, 2.05) is 0 Å². The molecule has 1 unspecified atom stereocenters. The van der Waals surface area contributed by atoms with Gasteiger partial charge in [-0.05, 0) is 58.0 Å². The number of rotatable bonds is 5. The Morgan fingerprint density at radius 1 is 0.971 bits per heavy atom. The van der Waals surface area contributed by atoms with Crippen molar-refractivity contribution in [1.29, 1.82) is 0 Å². The van der Waals surface area contributed by atoms with Crippen LogP contribution in [-0.4, -0.2) is 34.8 Å². The molecule has 0 aliphatic rings. The molecule has 3 rings (SSSR count). The van der Waals surface area contributed by atoms with Crippen LogP contribution in [0.4, 0.5) is 13.2 Å². The number of alkyl halides is 3. The van der Waals surface area contributed by atoms with Crippen LogP contribution >= 0.6 is 0 Å². The number of ether oxygens (including phenoxy) is 2. The number of benzene rings is 2. The molecule has 34 heavy (non-hydrogen) atoms. The van der Waals surface area contributed by atoms with Gasteiger partial charge < -0.3 is 14.6 Å². The highest BCUT2D eigenvalue weighted by atomic mass is 19.4. The fourth-order valence-corrected chi connectivity index (χ4v) is 3.20. The Morgan fingerprint density at radius 2 is 1.65 bits per heavy atom. The summed E-state index contributed by atoms with van der Waals surface area (Å²) < 4.78 is 52.5. The average molecular weight is 475 g/mol. The number of hydrogen-bond donors (Lipinski definition) is 1. The molecular weight excluding hydrogens is 451 g/mol. The van der Waals surface area contributed by atoms with Crippen molar-refractivity contribution in [1.82, 2.24) is 4.98 Å². The van der Waals surface area contributed by atoms with E-state index in [0.717, 1.165) is 11.5 Å². The quantitative estimate of drug-likeness (QED) is 0.405. The van der Waals surface area contributed by atoms with E-state index in [1.54, 1.807) is 51.1 Å². The number of nitrogens with zero attached hydrogens (tertiary/aromatic N) is 1. The third kappa shape index (κ3) is 4.75. The highest BCUT2D eigenvalue weighted by Gasteiger charge is 2.63. The minimum Gasteiger partial charge on any atom is -0.463 e. The molecular formula is C25H24F3NO5. The van der Waals surface area contributed by atoms with E-state index in [0.29, 0.717) is 5.52 Å². The zero-order valence-electron chi connectivity index (χ0n) is 19.1. The number of aliphatic hydroxyl groups is 1. The Morgan fingerprint density at radius 3 is 2.26 bits per heavy atom. The van der Waals surface area contributed by atoms with Gasteiger partial charge >= 0.3 is 18.1 Å². The first kappa shape index (κ1) is 25.2. The fourth-order valence-electron chi connectivity index (χ4n) is 3.20. The van der Waals surface area contributed by atoms with Gasteiger partial charge in [0.15, 0.2) is 0 Å². The van der Waals surface area contributed by atoms with E-state index in [1.165, 1.54) is 25.1 Å². The Balaban J connectivity index is 2.28. The van der Waals surface area contributed by atoms with Crippen LogP contribution < -0.4 is 4.74 Å². The zero-order valence-corrected chi connectivity index (χ0v) is 19.1. The van der Waals surface area contributed by atoms with Crippen LogP contribution in [-0.2, 0) is 19.9 Å². The molecule has 0 aliphatic heterocycles. The molecule has 1 aromatic heterocycles. The van der Waals surface area contributed by atoms with Gasteiger partial charge in [-0.15, -0.1) is 0 Å². The lowest BCUT2D eigenvalue weighted by atomic mass is 9.87. The van der Waals surface area contributed by atoms with Gasteiger partial charge in [0, 0.05) is 16.5 Å². The molecule has 2 aromatic carbocycles.